The Morgan fingerprint density at radius 1 is 1.43 bits per heavy atom. The maximum Gasteiger partial charge on any atom is 0.259 e. The molecule has 0 saturated carbocycles. The second-order valence-corrected chi connectivity index (χ2v) is 5.87. The summed E-state index contributed by atoms with van der Waals surface area (Å²) in [6.07, 6.45) is 0. The molecule has 0 radical (unpaired) electrons. The standard InChI is InChI=1S/C16H25N3O2/c1-5-21-14-8-6-7-12(17)15(14)16(20)19-9-11(2)13(10-19)18(3)4/h6-8,11,13H,5,9-10,17H2,1-4H3. The van der Waals surface area contributed by atoms with E-state index in [-0.39, 0.29) is 5.91 Å². The van der Waals surface area contributed by atoms with Gasteiger partial charge in [0.2, 0.25) is 0 Å². The number of hydrogen-bond acceptors (Lipinski definition) is 4. The van der Waals surface area contributed by atoms with E-state index in [0.29, 0.717) is 35.6 Å². The molecule has 1 amide bonds. The molecule has 1 saturated heterocycles. The van der Waals surface area contributed by atoms with E-state index >= 15 is 0 Å². The molecular formula is C16H25N3O2. The molecule has 1 fully saturated rings. The monoisotopic (exact) mass is 291 g/mol. The number of nitrogens with zero attached hydrogens (tertiary/aromatic N) is 2. The van der Waals surface area contributed by atoms with Crippen molar-refractivity contribution in [3.63, 3.8) is 0 Å². The van der Waals surface area contributed by atoms with Crippen LogP contribution in [0.15, 0.2) is 18.2 Å². The molecule has 0 spiro atoms. The lowest BCUT2D eigenvalue weighted by molar-refractivity contribution is 0.0778. The topological polar surface area (TPSA) is 58.8 Å². The van der Waals surface area contributed by atoms with Crippen LogP contribution in [0.4, 0.5) is 5.69 Å². The molecule has 1 aromatic carbocycles. The summed E-state index contributed by atoms with van der Waals surface area (Å²) in [4.78, 5) is 16.9. The highest BCUT2D eigenvalue weighted by molar-refractivity contribution is 6.02. The van der Waals surface area contributed by atoms with Crippen LogP contribution in [-0.4, -0.2) is 55.5 Å². The first-order chi connectivity index (χ1) is 9.95. The van der Waals surface area contributed by atoms with Gasteiger partial charge in [0.05, 0.1) is 6.61 Å². The van der Waals surface area contributed by atoms with Crippen molar-refractivity contribution in [2.75, 3.05) is 39.5 Å². The number of rotatable bonds is 4. The highest BCUT2D eigenvalue weighted by Gasteiger charge is 2.35. The first-order valence-electron chi connectivity index (χ1n) is 7.42. The van der Waals surface area contributed by atoms with Gasteiger partial charge >= 0.3 is 0 Å². The molecule has 21 heavy (non-hydrogen) atoms. The number of likely N-dealkylation sites (N-methyl/N-ethyl adjacent to an activating group) is 1. The number of carbonyl (C=O) groups is 1. The molecule has 2 N–H and O–H groups in total. The Hall–Kier alpha value is -1.75. The summed E-state index contributed by atoms with van der Waals surface area (Å²) in [6, 6.07) is 5.75. The normalized spacial score (nSPS) is 21.9. The van der Waals surface area contributed by atoms with Crippen LogP contribution in [0.3, 0.4) is 0 Å². The van der Waals surface area contributed by atoms with Gasteiger partial charge in [-0.05, 0) is 39.1 Å². The molecule has 5 heteroatoms. The van der Waals surface area contributed by atoms with Crippen molar-refractivity contribution in [1.29, 1.82) is 0 Å². The number of benzene rings is 1. The molecular weight excluding hydrogens is 266 g/mol. The fourth-order valence-corrected chi connectivity index (χ4v) is 3.00. The maximum absolute atomic E-state index is 12.8. The predicted octanol–water partition coefficient (Wildman–Crippen LogP) is 1.69. The molecule has 0 aromatic heterocycles. The van der Waals surface area contributed by atoms with E-state index in [1.807, 2.05) is 17.9 Å². The Labute approximate surface area is 126 Å². The van der Waals surface area contributed by atoms with Crippen LogP contribution < -0.4 is 10.5 Å². The van der Waals surface area contributed by atoms with Gasteiger partial charge in [-0.15, -0.1) is 0 Å². The molecule has 1 aliphatic rings. The van der Waals surface area contributed by atoms with Gasteiger partial charge in [0.25, 0.3) is 5.91 Å². The minimum Gasteiger partial charge on any atom is -0.493 e. The van der Waals surface area contributed by atoms with Gasteiger partial charge < -0.3 is 20.3 Å². The molecule has 1 aromatic rings. The van der Waals surface area contributed by atoms with E-state index in [9.17, 15) is 4.79 Å². The second-order valence-electron chi connectivity index (χ2n) is 5.87. The molecule has 116 valence electrons. The Bertz CT molecular complexity index is 516. The summed E-state index contributed by atoms with van der Waals surface area (Å²) in [5.41, 5.74) is 6.98. The summed E-state index contributed by atoms with van der Waals surface area (Å²) in [5, 5.41) is 0. The van der Waals surface area contributed by atoms with Crippen molar-refractivity contribution in [1.82, 2.24) is 9.80 Å². The third-order valence-electron chi connectivity index (χ3n) is 4.10. The van der Waals surface area contributed by atoms with Gasteiger partial charge in [-0.1, -0.05) is 13.0 Å². The van der Waals surface area contributed by atoms with Crippen LogP contribution >= 0.6 is 0 Å². The predicted molar refractivity (Wildman–Crippen MR) is 84.6 cm³/mol. The average molecular weight is 291 g/mol. The number of nitrogen functional groups attached to an aromatic ring is 1. The van der Waals surface area contributed by atoms with Crippen LogP contribution in [0, 0.1) is 5.92 Å². The quantitative estimate of drug-likeness (QED) is 0.858. The number of ether oxygens (including phenoxy) is 1. The summed E-state index contributed by atoms with van der Waals surface area (Å²) in [6.45, 7) is 6.07. The van der Waals surface area contributed by atoms with E-state index in [1.165, 1.54) is 0 Å². The van der Waals surface area contributed by atoms with E-state index in [0.717, 1.165) is 13.1 Å². The van der Waals surface area contributed by atoms with Crippen LogP contribution in [0.5, 0.6) is 5.75 Å². The third-order valence-corrected chi connectivity index (χ3v) is 4.10. The summed E-state index contributed by atoms with van der Waals surface area (Å²) in [7, 11) is 4.11. The molecule has 2 atom stereocenters. The van der Waals surface area contributed by atoms with E-state index in [2.05, 4.69) is 25.9 Å². The van der Waals surface area contributed by atoms with Crippen molar-refractivity contribution >= 4 is 11.6 Å². The summed E-state index contributed by atoms with van der Waals surface area (Å²) < 4.78 is 5.56. The number of anilines is 1. The number of hydrogen-bond donors (Lipinski definition) is 1. The van der Waals surface area contributed by atoms with Gasteiger partial charge in [0.15, 0.2) is 0 Å². The summed E-state index contributed by atoms with van der Waals surface area (Å²) in [5.74, 6) is 0.987. The average Bonchev–Trinajstić information content (AvgIpc) is 2.81. The molecule has 1 heterocycles. The largest absolute Gasteiger partial charge is 0.493 e. The van der Waals surface area contributed by atoms with Crippen molar-refractivity contribution in [2.45, 2.75) is 19.9 Å². The fraction of sp³-hybridized carbons (Fsp3) is 0.562. The van der Waals surface area contributed by atoms with E-state index in [4.69, 9.17) is 10.5 Å². The van der Waals surface area contributed by atoms with Crippen LogP contribution in [0.2, 0.25) is 0 Å². The van der Waals surface area contributed by atoms with E-state index in [1.54, 1.807) is 12.1 Å². The molecule has 0 bridgehead atoms. The number of carbonyl (C=O) groups excluding carboxylic acids is 1. The maximum atomic E-state index is 12.8. The minimum atomic E-state index is -0.0345. The lowest BCUT2D eigenvalue weighted by Crippen LogP contribution is -2.36. The Morgan fingerprint density at radius 3 is 2.71 bits per heavy atom. The Kier molecular flexibility index (Phi) is 4.73. The van der Waals surface area contributed by atoms with Gasteiger partial charge in [-0.2, -0.15) is 0 Å². The zero-order valence-corrected chi connectivity index (χ0v) is 13.3. The van der Waals surface area contributed by atoms with Crippen molar-refractivity contribution in [3.8, 4) is 5.75 Å². The zero-order valence-electron chi connectivity index (χ0n) is 13.3. The second kappa shape index (κ2) is 6.35. The molecule has 2 unspecified atom stereocenters. The molecule has 1 aliphatic heterocycles. The van der Waals surface area contributed by atoms with Gasteiger partial charge in [-0.3, -0.25) is 4.79 Å². The van der Waals surface area contributed by atoms with Crippen molar-refractivity contribution in [2.24, 2.45) is 5.92 Å². The fourth-order valence-electron chi connectivity index (χ4n) is 3.00. The van der Waals surface area contributed by atoms with Crippen LogP contribution in [-0.2, 0) is 0 Å². The van der Waals surface area contributed by atoms with Gasteiger partial charge in [0, 0.05) is 24.8 Å². The smallest absolute Gasteiger partial charge is 0.259 e. The number of amides is 1. The van der Waals surface area contributed by atoms with Crippen LogP contribution in [0.25, 0.3) is 0 Å². The molecule has 0 aliphatic carbocycles. The zero-order chi connectivity index (χ0) is 15.6. The Morgan fingerprint density at radius 2 is 2.14 bits per heavy atom. The minimum absolute atomic E-state index is 0.0345. The SMILES string of the molecule is CCOc1cccc(N)c1C(=O)N1CC(C)C(N(C)C)C1. The molecule has 2 rings (SSSR count). The Balaban J connectivity index is 2.25. The lowest BCUT2D eigenvalue weighted by Gasteiger charge is -2.23. The van der Waals surface area contributed by atoms with E-state index < -0.39 is 0 Å². The van der Waals surface area contributed by atoms with Gasteiger partial charge in [-0.25, -0.2) is 0 Å². The van der Waals surface area contributed by atoms with Crippen molar-refractivity contribution in [3.05, 3.63) is 23.8 Å². The first-order valence-corrected chi connectivity index (χ1v) is 7.42. The first kappa shape index (κ1) is 15.6. The number of nitrogens with two attached hydrogens (primary N) is 1. The highest BCUT2D eigenvalue weighted by Crippen LogP contribution is 2.29. The van der Waals surface area contributed by atoms with Crippen LogP contribution in [0.1, 0.15) is 24.2 Å². The highest BCUT2D eigenvalue weighted by atomic mass is 16.5. The summed E-state index contributed by atoms with van der Waals surface area (Å²) >= 11 is 0. The molecule has 5 nitrogen and oxygen atoms in total. The lowest BCUT2D eigenvalue weighted by atomic mass is 10.1. The van der Waals surface area contributed by atoms with Gasteiger partial charge in [0.1, 0.15) is 11.3 Å². The third kappa shape index (κ3) is 3.13. The number of likely N-dealkylation sites (tertiary alicyclic amines) is 1. The van der Waals surface area contributed by atoms with Crippen molar-refractivity contribution < 1.29 is 9.53 Å².